The van der Waals surface area contributed by atoms with E-state index >= 15 is 0 Å². The molecule has 0 heterocycles. The van der Waals surface area contributed by atoms with Crippen LogP contribution in [0.15, 0.2) is 17.0 Å². The zero-order valence-electron chi connectivity index (χ0n) is 11.9. The molecule has 1 rings (SSSR count). The quantitative estimate of drug-likeness (QED) is 0.829. The van der Waals surface area contributed by atoms with Crippen LogP contribution >= 0.6 is 0 Å². The fraction of sp³-hybridized carbons (Fsp3) is 0.462. The van der Waals surface area contributed by atoms with Crippen LogP contribution in [-0.4, -0.2) is 32.6 Å². The number of hydrogen-bond acceptors (Lipinski definition) is 4. The molecule has 20 heavy (non-hydrogen) atoms. The summed E-state index contributed by atoms with van der Waals surface area (Å²) in [6, 6.07) is 2.06. The molecule has 112 valence electrons. The van der Waals surface area contributed by atoms with E-state index in [0.717, 1.165) is 0 Å². The highest BCUT2D eigenvalue weighted by molar-refractivity contribution is 7.89. The Morgan fingerprint density at radius 1 is 1.35 bits per heavy atom. The van der Waals surface area contributed by atoms with Crippen molar-refractivity contribution in [3.63, 3.8) is 0 Å². The molecule has 1 aromatic carbocycles. The second-order valence-electron chi connectivity index (χ2n) is 4.51. The summed E-state index contributed by atoms with van der Waals surface area (Å²) < 4.78 is 31.9. The lowest BCUT2D eigenvalue weighted by molar-refractivity contribution is -0.139. The molecule has 0 saturated heterocycles. The molecule has 0 radical (unpaired) electrons. The van der Waals surface area contributed by atoms with Crippen LogP contribution in [0.4, 0.5) is 0 Å². The Kier molecular flexibility index (Phi) is 5.13. The van der Waals surface area contributed by atoms with Gasteiger partial charge in [-0.05, 0) is 43.5 Å². The van der Waals surface area contributed by atoms with Crippen LogP contribution < -0.4 is 9.46 Å². The van der Waals surface area contributed by atoms with E-state index in [-0.39, 0.29) is 11.3 Å². The van der Waals surface area contributed by atoms with Crippen molar-refractivity contribution in [2.45, 2.75) is 38.1 Å². The summed E-state index contributed by atoms with van der Waals surface area (Å²) in [5.41, 5.74) is 1.02. The summed E-state index contributed by atoms with van der Waals surface area (Å²) in [6.07, 6.45) is 0.169. The Labute approximate surface area is 118 Å². The SMILES string of the molecule is CC[C@H](NS(=O)(=O)c1c(C)cc(OC)cc1C)C(=O)O. The molecule has 0 fully saturated rings. The van der Waals surface area contributed by atoms with Gasteiger partial charge < -0.3 is 9.84 Å². The van der Waals surface area contributed by atoms with Gasteiger partial charge in [-0.15, -0.1) is 0 Å². The van der Waals surface area contributed by atoms with E-state index in [1.807, 2.05) is 0 Å². The molecule has 0 saturated carbocycles. The number of benzene rings is 1. The lowest BCUT2D eigenvalue weighted by Crippen LogP contribution is -2.40. The second-order valence-corrected chi connectivity index (χ2v) is 6.16. The van der Waals surface area contributed by atoms with E-state index in [1.54, 1.807) is 32.9 Å². The van der Waals surface area contributed by atoms with E-state index in [1.165, 1.54) is 7.11 Å². The largest absolute Gasteiger partial charge is 0.497 e. The van der Waals surface area contributed by atoms with Gasteiger partial charge in [0.2, 0.25) is 10.0 Å². The van der Waals surface area contributed by atoms with E-state index < -0.39 is 22.0 Å². The van der Waals surface area contributed by atoms with Crippen molar-refractivity contribution in [2.24, 2.45) is 0 Å². The molecular formula is C13H19NO5S. The molecule has 0 amide bonds. The zero-order valence-corrected chi connectivity index (χ0v) is 12.7. The van der Waals surface area contributed by atoms with Crippen molar-refractivity contribution >= 4 is 16.0 Å². The summed E-state index contributed by atoms with van der Waals surface area (Å²) in [4.78, 5) is 11.1. The van der Waals surface area contributed by atoms with E-state index in [2.05, 4.69) is 4.72 Å². The number of aliphatic carboxylic acids is 1. The Morgan fingerprint density at radius 2 is 1.85 bits per heavy atom. The normalized spacial score (nSPS) is 13.0. The molecule has 0 aliphatic rings. The number of carboxylic acid groups (broad SMARTS) is 1. The third kappa shape index (κ3) is 3.49. The summed E-state index contributed by atoms with van der Waals surface area (Å²) >= 11 is 0. The first-order valence-corrected chi connectivity index (χ1v) is 7.61. The highest BCUT2D eigenvalue weighted by Gasteiger charge is 2.26. The molecule has 6 nitrogen and oxygen atoms in total. The maximum absolute atomic E-state index is 12.3. The topological polar surface area (TPSA) is 92.7 Å². The van der Waals surface area contributed by atoms with Crippen LogP contribution in [0.5, 0.6) is 5.75 Å². The third-order valence-electron chi connectivity index (χ3n) is 2.94. The van der Waals surface area contributed by atoms with Gasteiger partial charge in [0.05, 0.1) is 12.0 Å². The van der Waals surface area contributed by atoms with Gasteiger partial charge in [0.1, 0.15) is 11.8 Å². The number of sulfonamides is 1. The van der Waals surface area contributed by atoms with Crippen LogP contribution in [-0.2, 0) is 14.8 Å². The number of methoxy groups -OCH3 is 1. The average Bonchev–Trinajstić information content (AvgIpc) is 2.34. The Balaban J connectivity index is 3.26. The van der Waals surface area contributed by atoms with Gasteiger partial charge in [-0.25, -0.2) is 8.42 Å². The van der Waals surface area contributed by atoms with Crippen molar-refractivity contribution in [3.05, 3.63) is 23.3 Å². The van der Waals surface area contributed by atoms with Gasteiger partial charge in [-0.2, -0.15) is 4.72 Å². The van der Waals surface area contributed by atoms with E-state index in [9.17, 15) is 13.2 Å². The van der Waals surface area contributed by atoms with Crippen molar-refractivity contribution in [2.75, 3.05) is 7.11 Å². The first-order valence-electron chi connectivity index (χ1n) is 6.13. The molecule has 0 aliphatic carbocycles. The number of carboxylic acids is 1. The maximum atomic E-state index is 12.3. The number of hydrogen-bond donors (Lipinski definition) is 2. The number of rotatable bonds is 6. The minimum atomic E-state index is -3.89. The molecule has 2 N–H and O–H groups in total. The highest BCUT2D eigenvalue weighted by Crippen LogP contribution is 2.25. The van der Waals surface area contributed by atoms with Crippen LogP contribution in [0.2, 0.25) is 0 Å². The molecule has 0 spiro atoms. The second kappa shape index (κ2) is 6.23. The lowest BCUT2D eigenvalue weighted by atomic mass is 10.1. The van der Waals surface area contributed by atoms with Crippen molar-refractivity contribution in [3.8, 4) is 5.75 Å². The molecule has 0 aliphatic heterocycles. The lowest BCUT2D eigenvalue weighted by Gasteiger charge is -2.16. The van der Waals surface area contributed by atoms with Crippen molar-refractivity contribution in [1.82, 2.24) is 4.72 Å². The van der Waals surface area contributed by atoms with Gasteiger partial charge in [-0.3, -0.25) is 4.79 Å². The Morgan fingerprint density at radius 3 is 2.20 bits per heavy atom. The molecular weight excluding hydrogens is 282 g/mol. The predicted octanol–water partition coefficient (Wildman–Crippen LogP) is 1.45. The van der Waals surface area contributed by atoms with Gasteiger partial charge in [0.15, 0.2) is 0 Å². The fourth-order valence-electron chi connectivity index (χ4n) is 2.01. The van der Waals surface area contributed by atoms with Crippen LogP contribution in [0.25, 0.3) is 0 Å². The van der Waals surface area contributed by atoms with Gasteiger partial charge in [-0.1, -0.05) is 6.92 Å². The minimum Gasteiger partial charge on any atom is -0.497 e. The van der Waals surface area contributed by atoms with Crippen LogP contribution in [0, 0.1) is 13.8 Å². The molecule has 1 aromatic rings. The van der Waals surface area contributed by atoms with Crippen LogP contribution in [0.3, 0.4) is 0 Å². The minimum absolute atomic E-state index is 0.0954. The van der Waals surface area contributed by atoms with E-state index in [0.29, 0.717) is 16.9 Å². The fourth-order valence-corrected chi connectivity index (χ4v) is 3.73. The molecule has 1 atom stereocenters. The summed E-state index contributed by atoms with van der Waals surface area (Å²) in [7, 11) is -2.39. The first-order chi connectivity index (χ1) is 9.22. The number of ether oxygens (including phenoxy) is 1. The van der Waals surface area contributed by atoms with Gasteiger partial charge >= 0.3 is 5.97 Å². The zero-order chi connectivity index (χ0) is 15.5. The number of nitrogens with one attached hydrogen (secondary N) is 1. The average molecular weight is 301 g/mol. The summed E-state index contributed by atoms with van der Waals surface area (Å²) in [5, 5.41) is 8.96. The summed E-state index contributed by atoms with van der Waals surface area (Å²) in [6.45, 7) is 4.90. The van der Waals surface area contributed by atoms with E-state index in [4.69, 9.17) is 9.84 Å². The molecule has 0 aromatic heterocycles. The highest BCUT2D eigenvalue weighted by atomic mass is 32.2. The van der Waals surface area contributed by atoms with Crippen molar-refractivity contribution < 1.29 is 23.1 Å². The van der Waals surface area contributed by atoms with Crippen LogP contribution in [0.1, 0.15) is 24.5 Å². The molecule has 0 bridgehead atoms. The number of aryl methyl sites for hydroxylation is 2. The predicted molar refractivity (Wildman–Crippen MR) is 74.5 cm³/mol. The van der Waals surface area contributed by atoms with Gasteiger partial charge in [0, 0.05) is 0 Å². The maximum Gasteiger partial charge on any atom is 0.321 e. The third-order valence-corrected chi connectivity index (χ3v) is 4.72. The smallest absolute Gasteiger partial charge is 0.321 e. The molecule has 0 unspecified atom stereocenters. The Bertz CT molecular complexity index is 586. The first kappa shape index (κ1) is 16.5. The Hall–Kier alpha value is -1.60. The number of carbonyl (C=O) groups is 1. The van der Waals surface area contributed by atoms with Gasteiger partial charge in [0.25, 0.3) is 0 Å². The monoisotopic (exact) mass is 301 g/mol. The molecule has 7 heteroatoms. The van der Waals surface area contributed by atoms with Crippen molar-refractivity contribution in [1.29, 1.82) is 0 Å². The summed E-state index contributed by atoms with van der Waals surface area (Å²) in [5.74, 6) is -0.635. The standard InChI is InChI=1S/C13H19NO5S/c1-5-11(13(15)16)14-20(17,18)12-8(2)6-10(19-4)7-9(12)3/h6-7,11,14H,5H2,1-4H3,(H,15,16)/t11-/m0/s1.